The fraction of sp³-hybridized carbons (Fsp3) is 0.227. The summed E-state index contributed by atoms with van der Waals surface area (Å²) in [4.78, 5) is 16.9. The minimum Gasteiger partial charge on any atom is -0.496 e. The Kier molecular flexibility index (Phi) is 5.33. The molecule has 1 aliphatic rings. The first-order chi connectivity index (χ1) is 14.6. The highest BCUT2D eigenvalue weighted by Crippen LogP contribution is 2.32. The molecule has 4 rings (SSSR count). The van der Waals surface area contributed by atoms with E-state index in [4.69, 9.17) is 9.47 Å². The lowest BCUT2D eigenvalue weighted by molar-refractivity contribution is -0.137. The van der Waals surface area contributed by atoms with E-state index in [0.29, 0.717) is 17.0 Å². The van der Waals surface area contributed by atoms with E-state index in [1.807, 2.05) is 12.1 Å². The third-order valence-corrected chi connectivity index (χ3v) is 5.13. The van der Waals surface area contributed by atoms with Gasteiger partial charge in [-0.2, -0.15) is 5.10 Å². The molecule has 1 aliphatic heterocycles. The Hall–Kier alpha value is -3.52. The average Bonchev–Trinajstić information content (AvgIpc) is 3.19. The van der Waals surface area contributed by atoms with Crippen LogP contribution in [0, 0.1) is 5.82 Å². The fourth-order valence-electron chi connectivity index (χ4n) is 3.47. The Morgan fingerprint density at radius 1 is 1.30 bits per heavy atom. The summed E-state index contributed by atoms with van der Waals surface area (Å²) >= 11 is 0. The van der Waals surface area contributed by atoms with Crippen molar-refractivity contribution in [2.45, 2.75) is 12.1 Å². The Morgan fingerprint density at radius 2 is 2.17 bits per heavy atom. The van der Waals surface area contributed by atoms with Crippen LogP contribution in [0.25, 0.3) is 22.2 Å². The van der Waals surface area contributed by atoms with Gasteiger partial charge >= 0.3 is 0 Å². The van der Waals surface area contributed by atoms with Crippen LogP contribution < -0.4 is 10.1 Å². The number of aromatic amines is 1. The Labute approximate surface area is 172 Å². The molecule has 0 spiro atoms. The summed E-state index contributed by atoms with van der Waals surface area (Å²) in [5.74, 6) is -0.0311. The van der Waals surface area contributed by atoms with Gasteiger partial charge in [0.1, 0.15) is 17.3 Å². The Bertz CT molecular complexity index is 1150. The molecular formula is C22H21FN4O3. The predicted molar refractivity (Wildman–Crippen MR) is 112 cm³/mol. The van der Waals surface area contributed by atoms with Gasteiger partial charge in [-0.1, -0.05) is 12.1 Å². The monoisotopic (exact) mass is 408 g/mol. The normalized spacial score (nSPS) is 18.0. The zero-order chi connectivity index (χ0) is 21.1. The molecule has 0 saturated heterocycles. The number of amides is 1. The summed E-state index contributed by atoms with van der Waals surface area (Å²) in [6.45, 7) is 0.432. The first kappa shape index (κ1) is 19.8. The van der Waals surface area contributed by atoms with Crippen LogP contribution in [0.15, 0.2) is 53.5 Å². The number of hydrogen-bond acceptors (Lipinski definition) is 5. The van der Waals surface area contributed by atoms with E-state index < -0.39 is 5.60 Å². The van der Waals surface area contributed by atoms with Crippen LogP contribution >= 0.6 is 0 Å². The lowest BCUT2D eigenvalue weighted by Crippen LogP contribution is -2.49. The van der Waals surface area contributed by atoms with E-state index in [-0.39, 0.29) is 24.8 Å². The van der Waals surface area contributed by atoms with Crippen molar-refractivity contribution in [3.63, 3.8) is 0 Å². The smallest absolute Gasteiger partial charge is 0.258 e. The zero-order valence-electron chi connectivity index (χ0n) is 16.6. The number of fused-ring (bicyclic) bond motifs is 1. The highest BCUT2D eigenvalue weighted by molar-refractivity contribution is 5.95. The summed E-state index contributed by atoms with van der Waals surface area (Å²) in [5.41, 5.74) is 1.66. The number of aliphatic imine (C=N–C) groups is 1. The van der Waals surface area contributed by atoms with Crippen LogP contribution in [0.1, 0.15) is 5.56 Å². The second kappa shape index (κ2) is 8.08. The number of allylic oxidation sites excluding steroid dienone is 1. The summed E-state index contributed by atoms with van der Waals surface area (Å²) < 4.78 is 24.6. The number of carbonyl (C=O) groups is 1. The molecule has 30 heavy (non-hydrogen) atoms. The number of rotatable bonds is 6. The van der Waals surface area contributed by atoms with Gasteiger partial charge in [-0.05, 0) is 30.4 Å². The van der Waals surface area contributed by atoms with Gasteiger partial charge in [-0.3, -0.25) is 14.9 Å². The molecular weight excluding hydrogens is 387 g/mol. The Balaban J connectivity index is 1.65. The topological polar surface area (TPSA) is 88.6 Å². The highest BCUT2D eigenvalue weighted by atomic mass is 19.1. The van der Waals surface area contributed by atoms with Crippen molar-refractivity contribution < 1.29 is 18.7 Å². The van der Waals surface area contributed by atoms with E-state index in [0.717, 1.165) is 16.5 Å². The van der Waals surface area contributed by atoms with Crippen molar-refractivity contribution >= 4 is 23.0 Å². The summed E-state index contributed by atoms with van der Waals surface area (Å²) in [5, 5.41) is 11.0. The number of methoxy groups -OCH3 is 2. The molecule has 2 heterocycles. The Morgan fingerprint density at radius 3 is 2.87 bits per heavy atom. The molecule has 0 radical (unpaired) electrons. The lowest BCUT2D eigenvalue weighted by atomic mass is 10.00. The number of ether oxygens (including phenoxy) is 2. The van der Waals surface area contributed by atoms with E-state index in [9.17, 15) is 9.18 Å². The van der Waals surface area contributed by atoms with Crippen LogP contribution in [0.4, 0.5) is 4.39 Å². The van der Waals surface area contributed by atoms with Gasteiger partial charge in [0.25, 0.3) is 5.91 Å². The standard InChI is InChI=1S/C22H21FN4O3/c1-29-19-11-18-17(20(27-26-18)14-5-3-6-16(23)9-14)10-15(19)12-25-21(28)22(30-2)7-4-8-24-13-22/h3-11H,12-13H2,1-2H3,(H,25,28)(H,26,27). The summed E-state index contributed by atoms with van der Waals surface area (Å²) in [7, 11) is 3.04. The molecule has 1 atom stereocenters. The lowest BCUT2D eigenvalue weighted by Gasteiger charge is -2.27. The SMILES string of the molecule is COc1cc2[nH]nc(-c3cccc(F)c3)c2cc1CNC(=O)C1(OC)C=CC=NC1. The van der Waals surface area contributed by atoms with Gasteiger partial charge in [-0.15, -0.1) is 0 Å². The van der Waals surface area contributed by atoms with Crippen molar-refractivity contribution in [2.24, 2.45) is 4.99 Å². The van der Waals surface area contributed by atoms with E-state index >= 15 is 0 Å². The first-order valence-corrected chi connectivity index (χ1v) is 9.38. The van der Waals surface area contributed by atoms with Crippen molar-refractivity contribution in [3.05, 3.63) is 59.9 Å². The van der Waals surface area contributed by atoms with Crippen LogP contribution in [0.2, 0.25) is 0 Å². The second-order valence-corrected chi connectivity index (χ2v) is 6.92. The minimum atomic E-state index is -1.13. The van der Waals surface area contributed by atoms with E-state index in [2.05, 4.69) is 20.5 Å². The maximum atomic E-state index is 13.7. The number of dihydropyridines is 1. The van der Waals surface area contributed by atoms with Gasteiger partial charge in [0.2, 0.25) is 0 Å². The first-order valence-electron chi connectivity index (χ1n) is 9.38. The quantitative estimate of drug-likeness (QED) is 0.656. The van der Waals surface area contributed by atoms with Gasteiger partial charge in [0, 0.05) is 42.4 Å². The third kappa shape index (κ3) is 3.57. The molecule has 1 amide bonds. The van der Waals surface area contributed by atoms with Crippen LogP contribution in [-0.4, -0.2) is 48.7 Å². The zero-order valence-corrected chi connectivity index (χ0v) is 16.6. The minimum absolute atomic E-state index is 0.216. The second-order valence-electron chi connectivity index (χ2n) is 6.92. The molecule has 3 aromatic rings. The number of aromatic nitrogens is 2. The van der Waals surface area contributed by atoms with Gasteiger partial charge in [0.15, 0.2) is 5.60 Å². The molecule has 154 valence electrons. The van der Waals surface area contributed by atoms with Gasteiger partial charge in [-0.25, -0.2) is 4.39 Å². The molecule has 2 aromatic carbocycles. The van der Waals surface area contributed by atoms with E-state index in [1.165, 1.54) is 19.2 Å². The molecule has 8 heteroatoms. The number of nitrogens with zero attached hydrogens (tertiary/aromatic N) is 2. The summed E-state index contributed by atoms with van der Waals surface area (Å²) in [6, 6.07) is 9.94. The van der Waals surface area contributed by atoms with Crippen LogP contribution in [0.3, 0.4) is 0 Å². The number of hydrogen-bond donors (Lipinski definition) is 2. The van der Waals surface area contributed by atoms with Gasteiger partial charge < -0.3 is 14.8 Å². The molecule has 0 aliphatic carbocycles. The van der Waals surface area contributed by atoms with Crippen molar-refractivity contribution in [1.29, 1.82) is 0 Å². The number of halogens is 1. The third-order valence-electron chi connectivity index (χ3n) is 5.13. The number of carbonyl (C=O) groups excluding carboxylic acids is 1. The predicted octanol–water partition coefficient (Wildman–Crippen LogP) is 3.02. The maximum Gasteiger partial charge on any atom is 0.258 e. The largest absolute Gasteiger partial charge is 0.496 e. The molecule has 0 saturated carbocycles. The molecule has 0 bridgehead atoms. The highest BCUT2D eigenvalue weighted by Gasteiger charge is 2.36. The molecule has 0 fully saturated rings. The number of H-pyrrole nitrogens is 1. The van der Waals surface area contributed by atoms with Crippen molar-refractivity contribution in [1.82, 2.24) is 15.5 Å². The maximum absolute atomic E-state index is 13.7. The molecule has 1 unspecified atom stereocenters. The van der Waals surface area contributed by atoms with Crippen molar-refractivity contribution in [3.8, 4) is 17.0 Å². The number of nitrogens with one attached hydrogen (secondary N) is 2. The van der Waals surface area contributed by atoms with Gasteiger partial charge in [0.05, 0.1) is 19.2 Å². The number of benzene rings is 2. The average molecular weight is 408 g/mol. The van der Waals surface area contributed by atoms with E-state index in [1.54, 1.807) is 37.6 Å². The molecule has 2 N–H and O–H groups in total. The molecule has 1 aromatic heterocycles. The molecule has 7 nitrogen and oxygen atoms in total. The fourth-order valence-corrected chi connectivity index (χ4v) is 3.47. The van der Waals surface area contributed by atoms with Crippen LogP contribution in [0.5, 0.6) is 5.75 Å². The van der Waals surface area contributed by atoms with Crippen LogP contribution in [-0.2, 0) is 16.1 Å². The summed E-state index contributed by atoms with van der Waals surface area (Å²) in [6.07, 6.45) is 5.01. The van der Waals surface area contributed by atoms with Crippen molar-refractivity contribution in [2.75, 3.05) is 20.8 Å².